The molecule has 1 saturated heterocycles. The van der Waals surface area contributed by atoms with Crippen molar-refractivity contribution in [1.82, 2.24) is 19.6 Å². The summed E-state index contributed by atoms with van der Waals surface area (Å²) in [5.41, 5.74) is 1.91. The summed E-state index contributed by atoms with van der Waals surface area (Å²) in [6.07, 6.45) is 3.47. The maximum Gasteiger partial charge on any atom is 0.271 e. The van der Waals surface area contributed by atoms with Crippen LogP contribution in [0.3, 0.4) is 0 Å². The Kier molecular flexibility index (Phi) is 5.75. The highest BCUT2D eigenvalue weighted by molar-refractivity contribution is 7.15. The molecular formula is C21H24N4O3S. The lowest BCUT2D eigenvalue weighted by atomic mass is 10.1. The minimum Gasteiger partial charge on any atom is -0.373 e. The van der Waals surface area contributed by atoms with Gasteiger partial charge in [-0.25, -0.2) is 4.98 Å². The second-order valence-corrected chi connectivity index (χ2v) is 8.36. The lowest BCUT2D eigenvalue weighted by Gasteiger charge is -2.35. The number of rotatable bonds is 5. The molecule has 1 aliphatic heterocycles. The van der Waals surface area contributed by atoms with Gasteiger partial charge in [0.1, 0.15) is 5.56 Å². The van der Waals surface area contributed by atoms with Gasteiger partial charge in [0.25, 0.3) is 11.5 Å². The number of carbonyl (C=O) groups excluding carboxylic acids is 1. The molecular weight excluding hydrogens is 388 g/mol. The SMILES string of the molecule is C[C@@H]1CN(Cc2ccc(CNC(=O)c3cnc4sccn4c3=O)cc2)C[C@@H](C)O1. The number of thiazole rings is 1. The smallest absolute Gasteiger partial charge is 0.271 e. The van der Waals surface area contributed by atoms with Crippen LogP contribution in [0.25, 0.3) is 4.96 Å². The first-order valence-corrected chi connectivity index (χ1v) is 10.6. The molecule has 0 saturated carbocycles. The largest absolute Gasteiger partial charge is 0.373 e. The van der Waals surface area contributed by atoms with Crippen LogP contribution >= 0.6 is 11.3 Å². The number of benzene rings is 1. The summed E-state index contributed by atoms with van der Waals surface area (Å²) in [6, 6.07) is 8.19. The molecule has 1 aliphatic rings. The zero-order chi connectivity index (χ0) is 20.4. The lowest BCUT2D eigenvalue weighted by molar-refractivity contribution is -0.0704. The van der Waals surface area contributed by atoms with Gasteiger partial charge in [-0.1, -0.05) is 24.3 Å². The Bertz CT molecular complexity index is 1050. The molecule has 1 amide bonds. The van der Waals surface area contributed by atoms with Gasteiger partial charge in [0.2, 0.25) is 0 Å². The van der Waals surface area contributed by atoms with Gasteiger partial charge in [0, 0.05) is 44.0 Å². The molecule has 2 atom stereocenters. The molecule has 8 heteroatoms. The Balaban J connectivity index is 1.35. The van der Waals surface area contributed by atoms with E-state index >= 15 is 0 Å². The second kappa shape index (κ2) is 8.44. The predicted octanol–water partition coefficient (Wildman–Crippen LogP) is 2.30. The molecule has 0 spiro atoms. The van der Waals surface area contributed by atoms with Crippen molar-refractivity contribution in [3.05, 3.63) is 69.1 Å². The van der Waals surface area contributed by atoms with Crippen molar-refractivity contribution in [3.8, 4) is 0 Å². The number of fused-ring (bicyclic) bond motifs is 1. The van der Waals surface area contributed by atoms with E-state index in [0.29, 0.717) is 11.5 Å². The molecule has 7 nitrogen and oxygen atoms in total. The van der Waals surface area contributed by atoms with Crippen molar-refractivity contribution in [1.29, 1.82) is 0 Å². The highest BCUT2D eigenvalue weighted by Crippen LogP contribution is 2.15. The van der Waals surface area contributed by atoms with Crippen LogP contribution in [0.4, 0.5) is 0 Å². The predicted molar refractivity (Wildman–Crippen MR) is 112 cm³/mol. The molecule has 1 fully saturated rings. The van der Waals surface area contributed by atoms with Gasteiger partial charge in [0.15, 0.2) is 4.96 Å². The third kappa shape index (κ3) is 4.55. The van der Waals surface area contributed by atoms with Crippen LogP contribution in [-0.2, 0) is 17.8 Å². The molecule has 3 aromatic rings. The summed E-state index contributed by atoms with van der Waals surface area (Å²) in [6.45, 7) is 7.31. The van der Waals surface area contributed by atoms with E-state index < -0.39 is 5.91 Å². The highest BCUT2D eigenvalue weighted by Gasteiger charge is 2.22. The first kappa shape index (κ1) is 19.8. The summed E-state index contributed by atoms with van der Waals surface area (Å²) in [5, 5.41) is 4.58. The van der Waals surface area contributed by atoms with Gasteiger partial charge >= 0.3 is 0 Å². The second-order valence-electron chi connectivity index (χ2n) is 7.48. The third-order valence-electron chi connectivity index (χ3n) is 4.96. The Labute approximate surface area is 173 Å². The Hall–Kier alpha value is -2.55. The zero-order valence-electron chi connectivity index (χ0n) is 16.5. The normalized spacial score (nSPS) is 20.1. The summed E-state index contributed by atoms with van der Waals surface area (Å²) >= 11 is 1.36. The Morgan fingerprint density at radius 2 is 1.90 bits per heavy atom. The molecule has 152 valence electrons. The summed E-state index contributed by atoms with van der Waals surface area (Å²) < 4.78 is 7.17. The summed E-state index contributed by atoms with van der Waals surface area (Å²) in [5.74, 6) is -0.413. The molecule has 3 heterocycles. The molecule has 4 rings (SSSR count). The number of aromatic nitrogens is 2. The van der Waals surface area contributed by atoms with Crippen LogP contribution in [0.2, 0.25) is 0 Å². The fourth-order valence-corrected chi connectivity index (χ4v) is 4.37. The fraction of sp³-hybridized carbons (Fsp3) is 0.381. The summed E-state index contributed by atoms with van der Waals surface area (Å²) in [7, 11) is 0. The van der Waals surface area contributed by atoms with Crippen molar-refractivity contribution in [2.24, 2.45) is 0 Å². The van der Waals surface area contributed by atoms with Gasteiger partial charge in [-0.3, -0.25) is 18.9 Å². The number of ether oxygens (including phenoxy) is 1. The summed E-state index contributed by atoms with van der Waals surface area (Å²) in [4.78, 5) is 31.9. The van der Waals surface area contributed by atoms with Crippen molar-refractivity contribution >= 4 is 22.2 Å². The number of morpholine rings is 1. The zero-order valence-corrected chi connectivity index (χ0v) is 17.3. The average molecular weight is 413 g/mol. The number of hydrogen-bond donors (Lipinski definition) is 1. The van der Waals surface area contributed by atoms with Crippen LogP contribution < -0.4 is 10.9 Å². The Morgan fingerprint density at radius 1 is 1.21 bits per heavy atom. The van der Waals surface area contributed by atoms with E-state index in [0.717, 1.165) is 25.2 Å². The van der Waals surface area contributed by atoms with E-state index in [9.17, 15) is 9.59 Å². The van der Waals surface area contributed by atoms with Crippen LogP contribution in [0.5, 0.6) is 0 Å². The molecule has 1 aromatic carbocycles. The van der Waals surface area contributed by atoms with Crippen LogP contribution in [0.1, 0.15) is 35.3 Å². The maximum absolute atomic E-state index is 12.4. The number of amides is 1. The van der Waals surface area contributed by atoms with Gasteiger partial charge < -0.3 is 10.1 Å². The van der Waals surface area contributed by atoms with Crippen LogP contribution in [0.15, 0.2) is 46.8 Å². The minimum absolute atomic E-state index is 0.0491. The van der Waals surface area contributed by atoms with E-state index in [-0.39, 0.29) is 23.3 Å². The quantitative estimate of drug-likeness (QED) is 0.696. The van der Waals surface area contributed by atoms with E-state index in [2.05, 4.69) is 41.2 Å². The standard InChI is InChI=1S/C21H24N4O3S/c1-14-11-24(12-15(2)28-14)13-17-5-3-16(4-6-17)9-22-19(26)18-10-23-21-25(20(18)27)7-8-29-21/h3-8,10,14-15H,9,11-13H2,1-2H3,(H,22,26)/t14-,15-/m1/s1. The first-order valence-electron chi connectivity index (χ1n) is 9.68. The topological polar surface area (TPSA) is 75.9 Å². The van der Waals surface area contributed by atoms with Crippen molar-refractivity contribution < 1.29 is 9.53 Å². The van der Waals surface area contributed by atoms with Crippen LogP contribution in [0, 0.1) is 0 Å². The van der Waals surface area contributed by atoms with Gasteiger partial charge in [-0.2, -0.15) is 0 Å². The molecule has 0 aliphatic carbocycles. The number of nitrogens with one attached hydrogen (secondary N) is 1. The van der Waals surface area contributed by atoms with Gasteiger partial charge in [-0.15, -0.1) is 11.3 Å². The van der Waals surface area contributed by atoms with Crippen molar-refractivity contribution in [2.75, 3.05) is 13.1 Å². The number of nitrogens with zero attached hydrogens (tertiary/aromatic N) is 3. The number of carbonyl (C=O) groups is 1. The van der Waals surface area contributed by atoms with E-state index in [1.165, 1.54) is 27.5 Å². The first-order chi connectivity index (χ1) is 14.0. The van der Waals surface area contributed by atoms with Crippen molar-refractivity contribution in [3.63, 3.8) is 0 Å². The molecule has 0 unspecified atom stereocenters. The van der Waals surface area contributed by atoms with E-state index in [1.54, 1.807) is 11.6 Å². The molecule has 0 radical (unpaired) electrons. The molecule has 0 bridgehead atoms. The average Bonchev–Trinajstić information content (AvgIpc) is 3.16. The van der Waals surface area contributed by atoms with Crippen LogP contribution in [-0.4, -0.2) is 45.5 Å². The van der Waals surface area contributed by atoms with E-state index in [1.807, 2.05) is 12.1 Å². The van der Waals surface area contributed by atoms with Crippen molar-refractivity contribution in [2.45, 2.75) is 39.1 Å². The third-order valence-corrected chi connectivity index (χ3v) is 5.74. The fourth-order valence-electron chi connectivity index (χ4n) is 3.69. The van der Waals surface area contributed by atoms with Gasteiger partial charge in [-0.05, 0) is 25.0 Å². The monoisotopic (exact) mass is 412 g/mol. The molecule has 2 aromatic heterocycles. The molecule has 1 N–H and O–H groups in total. The number of hydrogen-bond acceptors (Lipinski definition) is 6. The van der Waals surface area contributed by atoms with Gasteiger partial charge in [0.05, 0.1) is 12.2 Å². The Morgan fingerprint density at radius 3 is 2.62 bits per heavy atom. The lowest BCUT2D eigenvalue weighted by Crippen LogP contribution is -2.44. The van der Waals surface area contributed by atoms with E-state index in [4.69, 9.17) is 4.74 Å². The molecule has 29 heavy (non-hydrogen) atoms. The highest BCUT2D eigenvalue weighted by atomic mass is 32.1. The minimum atomic E-state index is -0.413. The maximum atomic E-state index is 12.4.